The molecule has 0 saturated carbocycles. The second-order valence-corrected chi connectivity index (χ2v) is 2.73. The van der Waals surface area contributed by atoms with E-state index in [9.17, 15) is 0 Å². The first-order valence-electron chi connectivity index (χ1n) is 4.09. The number of hydrogen-bond acceptors (Lipinski definition) is 3. The van der Waals surface area contributed by atoms with Crippen LogP contribution in [0.1, 0.15) is 5.82 Å². The Hall–Kier alpha value is -1.39. The van der Waals surface area contributed by atoms with Crippen LogP contribution < -0.4 is 5.48 Å². The number of nitrogens with one attached hydrogen (secondary N) is 2. The van der Waals surface area contributed by atoms with Crippen molar-refractivity contribution in [2.75, 3.05) is 7.11 Å². The number of hydroxylamine groups is 1. The van der Waals surface area contributed by atoms with Gasteiger partial charge in [-0.05, 0) is 12.1 Å². The number of para-hydroxylation sites is 2. The van der Waals surface area contributed by atoms with Gasteiger partial charge in [0.15, 0.2) is 0 Å². The Morgan fingerprint density at radius 3 is 3.08 bits per heavy atom. The van der Waals surface area contributed by atoms with Crippen molar-refractivity contribution >= 4 is 11.0 Å². The second kappa shape index (κ2) is 3.55. The van der Waals surface area contributed by atoms with Crippen molar-refractivity contribution in [2.45, 2.75) is 6.54 Å². The molecule has 0 atom stereocenters. The fraction of sp³-hybridized carbons (Fsp3) is 0.222. The van der Waals surface area contributed by atoms with Gasteiger partial charge in [0.2, 0.25) is 0 Å². The Kier molecular flexibility index (Phi) is 2.25. The first-order valence-corrected chi connectivity index (χ1v) is 4.09. The van der Waals surface area contributed by atoms with Gasteiger partial charge < -0.3 is 9.82 Å². The maximum Gasteiger partial charge on any atom is 0.123 e. The molecule has 0 aliphatic rings. The number of nitrogens with zero attached hydrogens (tertiary/aromatic N) is 1. The van der Waals surface area contributed by atoms with Gasteiger partial charge in [-0.2, -0.15) is 5.48 Å². The lowest BCUT2D eigenvalue weighted by molar-refractivity contribution is 0.0851. The molecule has 0 unspecified atom stereocenters. The van der Waals surface area contributed by atoms with Crippen LogP contribution >= 0.6 is 0 Å². The summed E-state index contributed by atoms with van der Waals surface area (Å²) in [5.41, 5.74) is 4.76. The van der Waals surface area contributed by atoms with Crippen LogP contribution in [0.3, 0.4) is 0 Å². The SMILES string of the molecule is CONCc1nc2ccccc2[nH]1. The van der Waals surface area contributed by atoms with E-state index in [1.807, 2.05) is 24.3 Å². The van der Waals surface area contributed by atoms with Crippen LogP contribution in [-0.2, 0) is 11.4 Å². The fourth-order valence-electron chi connectivity index (χ4n) is 1.23. The van der Waals surface area contributed by atoms with E-state index in [0.29, 0.717) is 6.54 Å². The molecule has 1 aromatic carbocycles. The average molecular weight is 177 g/mol. The molecule has 0 amide bonds. The highest BCUT2D eigenvalue weighted by Crippen LogP contribution is 2.09. The minimum atomic E-state index is 0.588. The zero-order chi connectivity index (χ0) is 9.10. The van der Waals surface area contributed by atoms with Crippen LogP contribution in [0.15, 0.2) is 24.3 Å². The fourth-order valence-corrected chi connectivity index (χ4v) is 1.23. The average Bonchev–Trinajstić information content (AvgIpc) is 2.57. The third kappa shape index (κ3) is 1.68. The number of fused-ring (bicyclic) bond motifs is 1. The number of benzene rings is 1. The molecular formula is C9H11N3O. The molecule has 2 N–H and O–H groups in total. The molecule has 0 spiro atoms. The molecule has 0 saturated heterocycles. The standard InChI is InChI=1S/C9H11N3O/c1-13-10-6-9-11-7-4-2-3-5-8(7)12-9/h2-5,10H,6H2,1H3,(H,11,12). The number of aromatic nitrogens is 2. The van der Waals surface area contributed by atoms with Gasteiger partial charge in [0.25, 0.3) is 0 Å². The summed E-state index contributed by atoms with van der Waals surface area (Å²) in [5, 5.41) is 0. The minimum absolute atomic E-state index is 0.588. The highest BCUT2D eigenvalue weighted by molar-refractivity contribution is 5.74. The lowest BCUT2D eigenvalue weighted by Crippen LogP contribution is -2.11. The van der Waals surface area contributed by atoms with E-state index in [1.54, 1.807) is 7.11 Å². The van der Waals surface area contributed by atoms with Crippen LogP contribution in [0, 0.1) is 0 Å². The summed E-state index contributed by atoms with van der Waals surface area (Å²) >= 11 is 0. The van der Waals surface area contributed by atoms with Crippen molar-refractivity contribution in [3.8, 4) is 0 Å². The Morgan fingerprint density at radius 2 is 2.31 bits per heavy atom. The summed E-state index contributed by atoms with van der Waals surface area (Å²) in [6.45, 7) is 0.588. The van der Waals surface area contributed by atoms with E-state index in [4.69, 9.17) is 4.84 Å². The molecule has 0 fully saturated rings. The largest absolute Gasteiger partial charge is 0.341 e. The van der Waals surface area contributed by atoms with Crippen molar-refractivity contribution in [2.24, 2.45) is 0 Å². The number of H-pyrrole nitrogens is 1. The van der Waals surface area contributed by atoms with E-state index in [-0.39, 0.29) is 0 Å². The predicted molar refractivity (Wildman–Crippen MR) is 49.9 cm³/mol. The highest BCUT2D eigenvalue weighted by Gasteiger charge is 1.99. The summed E-state index contributed by atoms with van der Waals surface area (Å²) < 4.78 is 0. The Labute approximate surface area is 75.9 Å². The van der Waals surface area contributed by atoms with E-state index in [2.05, 4.69) is 15.4 Å². The Balaban J connectivity index is 2.28. The molecule has 68 valence electrons. The van der Waals surface area contributed by atoms with Gasteiger partial charge in [0.05, 0.1) is 24.7 Å². The monoisotopic (exact) mass is 177 g/mol. The van der Waals surface area contributed by atoms with Crippen molar-refractivity contribution in [1.29, 1.82) is 0 Å². The predicted octanol–water partition coefficient (Wildman–Crippen LogP) is 1.21. The molecule has 13 heavy (non-hydrogen) atoms. The zero-order valence-corrected chi connectivity index (χ0v) is 7.37. The summed E-state index contributed by atoms with van der Waals surface area (Å²) in [5.74, 6) is 0.878. The molecule has 2 aromatic rings. The second-order valence-electron chi connectivity index (χ2n) is 2.73. The molecule has 0 radical (unpaired) electrons. The van der Waals surface area contributed by atoms with Gasteiger partial charge >= 0.3 is 0 Å². The van der Waals surface area contributed by atoms with Gasteiger partial charge in [-0.1, -0.05) is 12.1 Å². The molecular weight excluding hydrogens is 166 g/mol. The molecule has 2 rings (SSSR count). The van der Waals surface area contributed by atoms with Gasteiger partial charge in [0, 0.05) is 0 Å². The highest BCUT2D eigenvalue weighted by atomic mass is 16.6. The van der Waals surface area contributed by atoms with Gasteiger partial charge in [-0.3, -0.25) is 0 Å². The molecule has 0 aliphatic carbocycles. The molecule has 4 heteroatoms. The van der Waals surface area contributed by atoms with Crippen molar-refractivity contribution in [1.82, 2.24) is 15.4 Å². The van der Waals surface area contributed by atoms with Crippen LogP contribution in [-0.4, -0.2) is 17.1 Å². The zero-order valence-electron chi connectivity index (χ0n) is 7.37. The van der Waals surface area contributed by atoms with Crippen molar-refractivity contribution < 1.29 is 4.84 Å². The van der Waals surface area contributed by atoms with Crippen LogP contribution in [0.5, 0.6) is 0 Å². The van der Waals surface area contributed by atoms with Crippen LogP contribution in [0.4, 0.5) is 0 Å². The first kappa shape index (κ1) is 8.22. The summed E-state index contributed by atoms with van der Waals surface area (Å²) in [7, 11) is 1.59. The quantitative estimate of drug-likeness (QED) is 0.693. The van der Waals surface area contributed by atoms with Crippen LogP contribution in [0.2, 0.25) is 0 Å². The Morgan fingerprint density at radius 1 is 1.46 bits per heavy atom. The molecule has 1 heterocycles. The normalized spacial score (nSPS) is 10.8. The number of rotatable bonds is 3. The third-order valence-corrected chi connectivity index (χ3v) is 1.82. The number of imidazole rings is 1. The molecule has 0 bridgehead atoms. The van der Waals surface area contributed by atoms with Gasteiger partial charge in [0.1, 0.15) is 5.82 Å². The third-order valence-electron chi connectivity index (χ3n) is 1.82. The first-order chi connectivity index (χ1) is 6.40. The van der Waals surface area contributed by atoms with Crippen LogP contribution in [0.25, 0.3) is 11.0 Å². The summed E-state index contributed by atoms with van der Waals surface area (Å²) in [6.07, 6.45) is 0. The van der Waals surface area contributed by atoms with E-state index in [1.165, 1.54) is 0 Å². The minimum Gasteiger partial charge on any atom is -0.341 e. The lowest BCUT2D eigenvalue weighted by atomic mass is 10.3. The van der Waals surface area contributed by atoms with Crippen molar-refractivity contribution in [3.63, 3.8) is 0 Å². The van der Waals surface area contributed by atoms with E-state index >= 15 is 0 Å². The topological polar surface area (TPSA) is 49.9 Å². The molecule has 1 aromatic heterocycles. The smallest absolute Gasteiger partial charge is 0.123 e. The number of hydrogen-bond donors (Lipinski definition) is 2. The van der Waals surface area contributed by atoms with E-state index < -0.39 is 0 Å². The maximum atomic E-state index is 4.73. The summed E-state index contributed by atoms with van der Waals surface area (Å²) in [6, 6.07) is 7.92. The van der Waals surface area contributed by atoms with E-state index in [0.717, 1.165) is 16.9 Å². The Bertz CT molecular complexity index is 363. The van der Waals surface area contributed by atoms with Gasteiger partial charge in [-0.25, -0.2) is 4.98 Å². The van der Waals surface area contributed by atoms with Crippen molar-refractivity contribution in [3.05, 3.63) is 30.1 Å². The summed E-state index contributed by atoms with van der Waals surface area (Å²) in [4.78, 5) is 12.3. The van der Waals surface area contributed by atoms with Gasteiger partial charge in [-0.15, -0.1) is 0 Å². The molecule has 4 nitrogen and oxygen atoms in total. The number of aromatic amines is 1. The molecule has 0 aliphatic heterocycles. The lowest BCUT2D eigenvalue weighted by Gasteiger charge is -1.95. The maximum absolute atomic E-state index is 4.73.